The third-order valence-electron chi connectivity index (χ3n) is 4.31. The van der Waals surface area contributed by atoms with Crippen LogP contribution in [0, 0.1) is 6.92 Å². The van der Waals surface area contributed by atoms with E-state index >= 15 is 0 Å². The molecule has 7 nitrogen and oxygen atoms in total. The minimum atomic E-state index is -0.537. The highest BCUT2D eigenvalue weighted by molar-refractivity contribution is 5.38. The molecule has 136 valence electrons. The molecule has 0 aliphatic carbocycles. The van der Waals surface area contributed by atoms with Crippen molar-refractivity contribution in [3.63, 3.8) is 0 Å². The summed E-state index contributed by atoms with van der Waals surface area (Å²) >= 11 is 0. The van der Waals surface area contributed by atoms with Crippen molar-refractivity contribution in [3.05, 3.63) is 42.0 Å². The Kier molecular flexibility index (Phi) is 6.38. The number of aromatic nitrogens is 2. The van der Waals surface area contributed by atoms with Gasteiger partial charge in [-0.15, -0.1) is 5.10 Å². The Morgan fingerprint density at radius 3 is 3.08 bits per heavy atom. The molecule has 2 aromatic heterocycles. The number of nitrogens with one attached hydrogen (secondary N) is 1. The molecule has 0 amide bonds. The molecule has 0 radical (unpaired) electrons. The van der Waals surface area contributed by atoms with Gasteiger partial charge in [-0.2, -0.15) is 5.10 Å². The summed E-state index contributed by atoms with van der Waals surface area (Å²) in [4.78, 5) is 2.24. The number of nitrogens with zero attached hydrogens (tertiary/aromatic N) is 3. The van der Waals surface area contributed by atoms with E-state index in [1.807, 2.05) is 31.2 Å². The van der Waals surface area contributed by atoms with E-state index in [9.17, 15) is 5.11 Å². The lowest BCUT2D eigenvalue weighted by atomic mass is 10.1. The van der Waals surface area contributed by atoms with Crippen LogP contribution >= 0.6 is 0 Å². The van der Waals surface area contributed by atoms with Crippen molar-refractivity contribution in [1.82, 2.24) is 15.5 Å². The molecule has 1 saturated heterocycles. The van der Waals surface area contributed by atoms with Crippen LogP contribution in [0.2, 0.25) is 0 Å². The Hall–Kier alpha value is -1.96. The van der Waals surface area contributed by atoms with E-state index in [-0.39, 0.29) is 6.61 Å². The van der Waals surface area contributed by atoms with Crippen LogP contribution in [0.1, 0.15) is 24.3 Å². The quantitative estimate of drug-likeness (QED) is 0.749. The SMILES string of the molecule is Cc1ccc(N2CCC[C@@H](NC[C@@H](O)COCc3ccco3)C2)nn1. The molecule has 3 rings (SSSR count). The minimum Gasteiger partial charge on any atom is -0.467 e. The standard InChI is InChI=1S/C18H26N4O3/c1-14-6-7-18(21-20-14)22-8-2-4-15(11-22)19-10-16(23)12-24-13-17-5-3-9-25-17/h3,5-7,9,15-16,19,23H,2,4,8,10-13H2,1H3/t15-,16-/m1/s1. The van der Waals surface area contributed by atoms with Crippen molar-refractivity contribution in [2.45, 2.75) is 38.5 Å². The molecule has 0 unspecified atom stereocenters. The van der Waals surface area contributed by atoms with Gasteiger partial charge in [-0.25, -0.2) is 0 Å². The number of aliphatic hydroxyl groups excluding tert-OH is 1. The predicted molar refractivity (Wildman–Crippen MR) is 94.4 cm³/mol. The number of aliphatic hydroxyl groups is 1. The number of rotatable bonds is 8. The molecule has 1 fully saturated rings. The van der Waals surface area contributed by atoms with Crippen molar-refractivity contribution >= 4 is 5.82 Å². The second kappa shape index (κ2) is 8.94. The molecule has 0 bridgehead atoms. The molecule has 0 saturated carbocycles. The first-order valence-corrected chi connectivity index (χ1v) is 8.77. The number of piperidine rings is 1. The molecular weight excluding hydrogens is 320 g/mol. The molecule has 2 N–H and O–H groups in total. The second-order valence-corrected chi connectivity index (χ2v) is 6.47. The van der Waals surface area contributed by atoms with E-state index in [0.717, 1.165) is 43.2 Å². The Labute approximate surface area is 148 Å². The molecule has 3 heterocycles. The molecule has 25 heavy (non-hydrogen) atoms. The highest BCUT2D eigenvalue weighted by Gasteiger charge is 2.21. The fourth-order valence-electron chi connectivity index (χ4n) is 2.96. The maximum Gasteiger partial charge on any atom is 0.151 e. The number of anilines is 1. The van der Waals surface area contributed by atoms with Gasteiger partial charge in [-0.1, -0.05) is 0 Å². The fourth-order valence-corrected chi connectivity index (χ4v) is 2.96. The van der Waals surface area contributed by atoms with Crippen LogP contribution in [0.15, 0.2) is 34.9 Å². The summed E-state index contributed by atoms with van der Waals surface area (Å²) in [6.07, 6.45) is 3.27. The summed E-state index contributed by atoms with van der Waals surface area (Å²) in [6.45, 7) is 4.98. The van der Waals surface area contributed by atoms with Gasteiger partial charge in [0.2, 0.25) is 0 Å². The van der Waals surface area contributed by atoms with Gasteiger partial charge in [-0.05, 0) is 44.0 Å². The summed E-state index contributed by atoms with van der Waals surface area (Å²) in [7, 11) is 0. The first-order valence-electron chi connectivity index (χ1n) is 8.77. The zero-order valence-corrected chi connectivity index (χ0v) is 14.6. The van der Waals surface area contributed by atoms with Crippen LogP contribution < -0.4 is 10.2 Å². The topological polar surface area (TPSA) is 83.7 Å². The van der Waals surface area contributed by atoms with Crippen LogP contribution in [0.25, 0.3) is 0 Å². The van der Waals surface area contributed by atoms with Gasteiger partial charge in [0.1, 0.15) is 12.4 Å². The first kappa shape index (κ1) is 17.8. The van der Waals surface area contributed by atoms with Crippen molar-refractivity contribution in [2.75, 3.05) is 31.1 Å². The van der Waals surface area contributed by atoms with E-state index in [0.29, 0.717) is 19.2 Å². The summed E-state index contributed by atoms with van der Waals surface area (Å²) in [5, 5.41) is 21.9. The van der Waals surface area contributed by atoms with Gasteiger partial charge in [0.25, 0.3) is 0 Å². The first-order chi connectivity index (χ1) is 12.2. The highest BCUT2D eigenvalue weighted by atomic mass is 16.5. The summed E-state index contributed by atoms with van der Waals surface area (Å²) in [5.41, 5.74) is 0.924. The number of furan rings is 1. The van der Waals surface area contributed by atoms with Gasteiger partial charge >= 0.3 is 0 Å². The van der Waals surface area contributed by atoms with Crippen LogP contribution in [0.3, 0.4) is 0 Å². The Balaban J connectivity index is 1.38. The van der Waals surface area contributed by atoms with Crippen molar-refractivity contribution in [1.29, 1.82) is 0 Å². The van der Waals surface area contributed by atoms with E-state index in [1.165, 1.54) is 0 Å². The Morgan fingerprint density at radius 2 is 2.32 bits per heavy atom. The van der Waals surface area contributed by atoms with Crippen molar-refractivity contribution < 1.29 is 14.3 Å². The van der Waals surface area contributed by atoms with E-state index in [1.54, 1.807) is 6.26 Å². The van der Waals surface area contributed by atoms with Crippen LogP contribution in [0.5, 0.6) is 0 Å². The molecule has 1 aliphatic rings. The lowest BCUT2D eigenvalue weighted by molar-refractivity contribution is 0.0213. The normalized spacial score (nSPS) is 19.1. The molecular formula is C18H26N4O3. The van der Waals surface area contributed by atoms with Gasteiger partial charge in [-0.3, -0.25) is 0 Å². The van der Waals surface area contributed by atoms with Crippen molar-refractivity contribution in [2.24, 2.45) is 0 Å². The third-order valence-corrected chi connectivity index (χ3v) is 4.31. The molecule has 0 spiro atoms. The van der Waals surface area contributed by atoms with Gasteiger partial charge in [0.05, 0.1) is 24.7 Å². The summed E-state index contributed by atoms with van der Waals surface area (Å²) in [5.74, 6) is 1.68. The van der Waals surface area contributed by atoms with E-state index < -0.39 is 6.10 Å². The van der Waals surface area contributed by atoms with E-state index in [4.69, 9.17) is 9.15 Å². The molecule has 0 aromatic carbocycles. The highest BCUT2D eigenvalue weighted by Crippen LogP contribution is 2.17. The largest absolute Gasteiger partial charge is 0.467 e. The monoisotopic (exact) mass is 346 g/mol. The molecule has 2 atom stereocenters. The number of ether oxygens (including phenoxy) is 1. The van der Waals surface area contributed by atoms with Crippen LogP contribution in [0.4, 0.5) is 5.82 Å². The molecule has 2 aromatic rings. The van der Waals surface area contributed by atoms with Crippen LogP contribution in [-0.2, 0) is 11.3 Å². The zero-order chi connectivity index (χ0) is 17.5. The smallest absolute Gasteiger partial charge is 0.151 e. The number of hydrogen-bond donors (Lipinski definition) is 2. The maximum atomic E-state index is 10.1. The molecule has 7 heteroatoms. The molecule has 1 aliphatic heterocycles. The summed E-state index contributed by atoms with van der Waals surface area (Å²) in [6, 6.07) is 8.01. The maximum absolute atomic E-state index is 10.1. The zero-order valence-electron chi connectivity index (χ0n) is 14.6. The lowest BCUT2D eigenvalue weighted by Crippen LogP contribution is -2.48. The number of aryl methyl sites for hydroxylation is 1. The van der Waals surface area contributed by atoms with E-state index in [2.05, 4.69) is 20.4 Å². The Bertz CT molecular complexity index is 618. The average molecular weight is 346 g/mol. The number of hydrogen-bond acceptors (Lipinski definition) is 7. The Morgan fingerprint density at radius 1 is 1.40 bits per heavy atom. The third kappa shape index (κ3) is 5.52. The minimum absolute atomic E-state index is 0.285. The predicted octanol–water partition coefficient (Wildman–Crippen LogP) is 1.51. The van der Waals surface area contributed by atoms with Gasteiger partial charge in [0.15, 0.2) is 5.82 Å². The lowest BCUT2D eigenvalue weighted by Gasteiger charge is -2.34. The second-order valence-electron chi connectivity index (χ2n) is 6.47. The van der Waals surface area contributed by atoms with Gasteiger partial charge < -0.3 is 24.5 Å². The average Bonchev–Trinajstić information content (AvgIpc) is 3.14. The summed E-state index contributed by atoms with van der Waals surface area (Å²) < 4.78 is 10.7. The fraction of sp³-hybridized carbons (Fsp3) is 0.556. The van der Waals surface area contributed by atoms with Gasteiger partial charge in [0, 0.05) is 25.7 Å². The van der Waals surface area contributed by atoms with Crippen LogP contribution in [-0.4, -0.2) is 53.7 Å². The van der Waals surface area contributed by atoms with Crippen molar-refractivity contribution in [3.8, 4) is 0 Å².